The van der Waals surface area contributed by atoms with Gasteiger partial charge < -0.3 is 20.3 Å². The molecule has 2 atom stereocenters. The van der Waals surface area contributed by atoms with Crippen molar-refractivity contribution in [3.05, 3.63) is 12.2 Å². The summed E-state index contributed by atoms with van der Waals surface area (Å²) in [5, 5.41) is 23.1. The van der Waals surface area contributed by atoms with Gasteiger partial charge in [-0.05, 0) is 57.8 Å². The molecule has 6 nitrogen and oxygen atoms in total. The van der Waals surface area contributed by atoms with Crippen LogP contribution in [-0.4, -0.2) is 47.4 Å². The fraction of sp³-hybridized carbons (Fsp3) is 0.922. The van der Waals surface area contributed by atoms with Crippen LogP contribution in [0.1, 0.15) is 277 Å². The van der Waals surface area contributed by atoms with E-state index in [0.717, 1.165) is 77.0 Å². The SMILES string of the molecule is CCCCCCCCCCCCCCCCCCC(=O)OCCCCC/C=C\CCCCCCCC(=O)NC(CO)C(O)CCCCCCCCCCCCCC. The molecule has 0 saturated heterocycles. The lowest BCUT2D eigenvalue weighted by molar-refractivity contribution is -0.143. The minimum absolute atomic E-state index is 0.0193. The second kappa shape index (κ2) is 47.3. The summed E-state index contributed by atoms with van der Waals surface area (Å²) in [7, 11) is 0. The Balaban J connectivity index is 3.48. The highest BCUT2D eigenvalue weighted by molar-refractivity contribution is 5.76. The summed E-state index contributed by atoms with van der Waals surface area (Å²) in [6.45, 7) is 4.89. The van der Waals surface area contributed by atoms with Gasteiger partial charge in [0, 0.05) is 12.8 Å². The van der Waals surface area contributed by atoms with E-state index in [1.807, 2.05) is 0 Å². The van der Waals surface area contributed by atoms with Crippen LogP contribution in [0.25, 0.3) is 0 Å². The van der Waals surface area contributed by atoms with Crippen LogP contribution in [0.4, 0.5) is 0 Å². The molecular formula is C51H99NO5. The highest BCUT2D eigenvalue weighted by Crippen LogP contribution is 2.16. The number of nitrogens with one attached hydrogen (secondary N) is 1. The number of carbonyl (C=O) groups excluding carboxylic acids is 2. The zero-order valence-electron chi connectivity index (χ0n) is 38.3. The van der Waals surface area contributed by atoms with Gasteiger partial charge in [-0.1, -0.05) is 219 Å². The maximum absolute atomic E-state index is 12.4. The van der Waals surface area contributed by atoms with Gasteiger partial charge in [0.1, 0.15) is 0 Å². The summed E-state index contributed by atoms with van der Waals surface area (Å²) in [6.07, 6.45) is 53.2. The first kappa shape index (κ1) is 55.6. The molecule has 0 aliphatic carbocycles. The molecule has 0 aliphatic heterocycles. The highest BCUT2D eigenvalue weighted by atomic mass is 16.5. The van der Waals surface area contributed by atoms with E-state index in [1.165, 1.54) is 167 Å². The maximum atomic E-state index is 12.4. The summed E-state index contributed by atoms with van der Waals surface area (Å²) in [4.78, 5) is 24.4. The molecule has 0 radical (unpaired) electrons. The van der Waals surface area contributed by atoms with Crippen LogP contribution < -0.4 is 5.32 Å². The zero-order chi connectivity index (χ0) is 41.5. The van der Waals surface area contributed by atoms with Crippen molar-refractivity contribution in [3.63, 3.8) is 0 Å². The van der Waals surface area contributed by atoms with Crippen molar-refractivity contribution in [2.24, 2.45) is 0 Å². The Morgan fingerprint density at radius 1 is 0.474 bits per heavy atom. The molecule has 0 aromatic carbocycles. The van der Waals surface area contributed by atoms with E-state index in [4.69, 9.17) is 4.74 Å². The smallest absolute Gasteiger partial charge is 0.305 e. The Morgan fingerprint density at radius 2 is 0.825 bits per heavy atom. The molecule has 6 heteroatoms. The van der Waals surface area contributed by atoms with Crippen LogP contribution in [0.5, 0.6) is 0 Å². The molecule has 0 rings (SSSR count). The summed E-state index contributed by atoms with van der Waals surface area (Å²) in [5.41, 5.74) is 0. The van der Waals surface area contributed by atoms with Gasteiger partial charge in [0.2, 0.25) is 5.91 Å². The van der Waals surface area contributed by atoms with Gasteiger partial charge in [0.05, 0.1) is 25.4 Å². The first-order valence-electron chi connectivity index (χ1n) is 25.4. The number of carbonyl (C=O) groups is 2. The van der Waals surface area contributed by atoms with Gasteiger partial charge >= 0.3 is 5.97 Å². The third-order valence-electron chi connectivity index (χ3n) is 11.8. The van der Waals surface area contributed by atoms with Crippen LogP contribution >= 0.6 is 0 Å². The number of allylic oxidation sites excluding steroid dienone is 2. The third kappa shape index (κ3) is 44.0. The van der Waals surface area contributed by atoms with Gasteiger partial charge in [-0.2, -0.15) is 0 Å². The number of amides is 1. The molecule has 0 spiro atoms. The van der Waals surface area contributed by atoms with Crippen LogP contribution in [0, 0.1) is 0 Å². The summed E-state index contributed by atoms with van der Waals surface area (Å²) < 4.78 is 5.45. The lowest BCUT2D eigenvalue weighted by atomic mass is 10.0. The predicted molar refractivity (Wildman–Crippen MR) is 246 cm³/mol. The van der Waals surface area contributed by atoms with Gasteiger partial charge in [0.15, 0.2) is 0 Å². The highest BCUT2D eigenvalue weighted by Gasteiger charge is 2.20. The molecule has 0 aliphatic rings. The first-order valence-corrected chi connectivity index (χ1v) is 25.4. The lowest BCUT2D eigenvalue weighted by Gasteiger charge is -2.22. The van der Waals surface area contributed by atoms with E-state index < -0.39 is 12.1 Å². The molecule has 0 fully saturated rings. The number of esters is 1. The molecule has 1 amide bonds. The van der Waals surface area contributed by atoms with Crippen molar-refractivity contribution in [2.75, 3.05) is 13.2 Å². The average molecular weight is 806 g/mol. The number of aliphatic hydroxyl groups is 2. The Labute approximate surface area is 355 Å². The minimum atomic E-state index is -0.678. The molecule has 57 heavy (non-hydrogen) atoms. The molecule has 0 aromatic heterocycles. The fourth-order valence-corrected chi connectivity index (χ4v) is 7.87. The second-order valence-corrected chi connectivity index (χ2v) is 17.5. The van der Waals surface area contributed by atoms with Crippen molar-refractivity contribution in [1.82, 2.24) is 5.32 Å². The van der Waals surface area contributed by atoms with E-state index >= 15 is 0 Å². The molecule has 0 aromatic rings. The van der Waals surface area contributed by atoms with Crippen molar-refractivity contribution in [2.45, 2.75) is 289 Å². The largest absolute Gasteiger partial charge is 0.466 e. The summed E-state index contributed by atoms with van der Waals surface area (Å²) >= 11 is 0. The van der Waals surface area contributed by atoms with Crippen molar-refractivity contribution in [1.29, 1.82) is 0 Å². The lowest BCUT2D eigenvalue weighted by Crippen LogP contribution is -2.45. The van der Waals surface area contributed by atoms with E-state index in [-0.39, 0.29) is 18.5 Å². The standard InChI is InChI=1S/C51H99NO5/c1-3-5-7-9-11-13-15-17-18-19-20-25-29-33-37-41-45-51(56)57-46-42-38-34-30-26-22-21-24-28-32-36-40-44-50(55)52-48(47-53)49(54)43-39-35-31-27-23-16-14-12-10-8-6-4-2/h22,26,48-49,53-54H,3-21,23-25,27-47H2,1-2H3,(H,52,55)/b26-22-. The number of rotatable bonds is 47. The van der Waals surface area contributed by atoms with Crippen molar-refractivity contribution >= 4 is 11.9 Å². The number of hydrogen-bond donors (Lipinski definition) is 3. The Kier molecular flexibility index (Phi) is 46.1. The normalized spacial score (nSPS) is 12.7. The Morgan fingerprint density at radius 3 is 1.25 bits per heavy atom. The van der Waals surface area contributed by atoms with Crippen LogP contribution in [0.15, 0.2) is 12.2 Å². The zero-order valence-corrected chi connectivity index (χ0v) is 38.3. The number of hydrogen-bond acceptors (Lipinski definition) is 5. The monoisotopic (exact) mass is 806 g/mol. The molecular weight excluding hydrogens is 707 g/mol. The second-order valence-electron chi connectivity index (χ2n) is 17.5. The van der Waals surface area contributed by atoms with Crippen molar-refractivity contribution < 1.29 is 24.5 Å². The topological polar surface area (TPSA) is 95.9 Å². The van der Waals surface area contributed by atoms with E-state index in [1.54, 1.807) is 0 Å². The molecule has 0 bridgehead atoms. The third-order valence-corrected chi connectivity index (χ3v) is 11.8. The van der Waals surface area contributed by atoms with Crippen molar-refractivity contribution in [3.8, 4) is 0 Å². The number of ether oxygens (including phenoxy) is 1. The Hall–Kier alpha value is -1.40. The summed E-state index contributed by atoms with van der Waals surface area (Å²) in [6, 6.07) is -0.558. The Bertz CT molecular complexity index is 847. The molecule has 0 heterocycles. The first-order chi connectivity index (χ1) is 28.0. The molecule has 3 N–H and O–H groups in total. The van der Waals surface area contributed by atoms with E-state index in [0.29, 0.717) is 25.9 Å². The number of aliphatic hydroxyl groups excluding tert-OH is 2. The predicted octanol–water partition coefficient (Wildman–Crippen LogP) is 15.0. The average Bonchev–Trinajstić information content (AvgIpc) is 3.21. The van der Waals surface area contributed by atoms with E-state index in [9.17, 15) is 19.8 Å². The summed E-state index contributed by atoms with van der Waals surface area (Å²) in [5.74, 6) is -0.0800. The van der Waals surface area contributed by atoms with Crippen LogP contribution in [0.3, 0.4) is 0 Å². The van der Waals surface area contributed by atoms with Gasteiger partial charge in [-0.25, -0.2) is 0 Å². The molecule has 338 valence electrons. The van der Waals surface area contributed by atoms with Crippen LogP contribution in [-0.2, 0) is 14.3 Å². The molecule has 2 unspecified atom stereocenters. The minimum Gasteiger partial charge on any atom is -0.466 e. The van der Waals surface area contributed by atoms with Gasteiger partial charge in [0.25, 0.3) is 0 Å². The number of unbranched alkanes of at least 4 members (excludes halogenated alkanes) is 34. The van der Waals surface area contributed by atoms with Crippen LogP contribution in [0.2, 0.25) is 0 Å². The fourth-order valence-electron chi connectivity index (χ4n) is 7.87. The maximum Gasteiger partial charge on any atom is 0.305 e. The van der Waals surface area contributed by atoms with E-state index in [2.05, 4.69) is 31.3 Å². The molecule has 0 saturated carbocycles. The quantitative estimate of drug-likeness (QED) is 0.0323. The van der Waals surface area contributed by atoms with Gasteiger partial charge in [-0.15, -0.1) is 0 Å². The van der Waals surface area contributed by atoms with Gasteiger partial charge in [-0.3, -0.25) is 9.59 Å².